The number of benzene rings is 1. The van der Waals surface area contributed by atoms with Crippen LogP contribution in [0.1, 0.15) is 12.8 Å². The van der Waals surface area contributed by atoms with Crippen molar-refractivity contribution in [3.05, 3.63) is 30.1 Å². The molecule has 1 spiro atoms. The number of anilines is 1. The van der Waals surface area contributed by atoms with E-state index in [9.17, 15) is 9.18 Å². The van der Waals surface area contributed by atoms with Crippen molar-refractivity contribution in [2.45, 2.75) is 12.8 Å². The maximum atomic E-state index is 12.9. The molecule has 0 aliphatic carbocycles. The number of hydrogen-bond donors (Lipinski definition) is 1. The van der Waals surface area contributed by atoms with E-state index in [1.54, 1.807) is 17.0 Å². The summed E-state index contributed by atoms with van der Waals surface area (Å²) in [6.07, 6.45) is 1.66. The minimum atomic E-state index is -0.266. The van der Waals surface area contributed by atoms with Crippen LogP contribution in [-0.2, 0) is 4.79 Å². The largest absolute Gasteiger partial charge is 0.316 e. The molecule has 4 heteroatoms. The summed E-state index contributed by atoms with van der Waals surface area (Å²) in [5, 5.41) is 3.32. The lowest BCUT2D eigenvalue weighted by molar-refractivity contribution is -0.117. The van der Waals surface area contributed by atoms with Crippen LogP contribution >= 0.6 is 0 Å². The molecule has 2 saturated heterocycles. The van der Waals surface area contributed by atoms with E-state index in [-0.39, 0.29) is 17.1 Å². The van der Waals surface area contributed by atoms with Crippen LogP contribution in [0.25, 0.3) is 0 Å². The molecule has 0 aromatic heterocycles. The highest BCUT2D eigenvalue weighted by Gasteiger charge is 2.45. The predicted octanol–water partition coefficient (Wildman–Crippen LogP) is 1.54. The molecule has 0 saturated carbocycles. The molecule has 2 fully saturated rings. The van der Waals surface area contributed by atoms with Crippen LogP contribution in [0.4, 0.5) is 10.1 Å². The van der Waals surface area contributed by atoms with Crippen LogP contribution in [-0.4, -0.2) is 25.5 Å². The molecule has 0 bridgehead atoms. The molecule has 2 aliphatic rings. The van der Waals surface area contributed by atoms with Crippen LogP contribution in [0, 0.1) is 11.2 Å². The number of carbonyl (C=O) groups excluding carboxylic acids is 1. The van der Waals surface area contributed by atoms with Gasteiger partial charge < -0.3 is 10.2 Å². The molecule has 1 aromatic carbocycles. The van der Waals surface area contributed by atoms with E-state index in [4.69, 9.17) is 0 Å². The van der Waals surface area contributed by atoms with Gasteiger partial charge in [0, 0.05) is 30.6 Å². The number of halogens is 1. The summed E-state index contributed by atoms with van der Waals surface area (Å²) in [5.74, 6) is -0.113. The second-order valence-corrected chi connectivity index (χ2v) is 5.06. The summed E-state index contributed by atoms with van der Waals surface area (Å²) < 4.78 is 12.9. The van der Waals surface area contributed by atoms with Gasteiger partial charge in [0.25, 0.3) is 0 Å². The monoisotopic (exact) mass is 234 g/mol. The minimum Gasteiger partial charge on any atom is -0.316 e. The Balaban J connectivity index is 1.85. The zero-order valence-electron chi connectivity index (χ0n) is 9.58. The molecule has 1 N–H and O–H groups in total. The SMILES string of the molecule is O=C1CC2(CCNC2)CN1c1ccc(F)cc1. The molecule has 2 aliphatic heterocycles. The fourth-order valence-electron chi connectivity index (χ4n) is 2.83. The van der Waals surface area contributed by atoms with Gasteiger partial charge in [-0.3, -0.25) is 4.79 Å². The lowest BCUT2D eigenvalue weighted by atomic mass is 9.86. The van der Waals surface area contributed by atoms with Crippen molar-refractivity contribution in [2.75, 3.05) is 24.5 Å². The quantitative estimate of drug-likeness (QED) is 0.799. The maximum Gasteiger partial charge on any atom is 0.227 e. The highest BCUT2D eigenvalue weighted by molar-refractivity contribution is 5.96. The smallest absolute Gasteiger partial charge is 0.227 e. The molecule has 17 heavy (non-hydrogen) atoms. The van der Waals surface area contributed by atoms with Gasteiger partial charge in [0.1, 0.15) is 5.82 Å². The number of carbonyl (C=O) groups is 1. The number of hydrogen-bond acceptors (Lipinski definition) is 2. The fourth-order valence-corrected chi connectivity index (χ4v) is 2.83. The highest BCUT2D eigenvalue weighted by atomic mass is 19.1. The Labute approximate surface area is 99.6 Å². The third-order valence-electron chi connectivity index (χ3n) is 3.79. The molecule has 1 aromatic rings. The average Bonchev–Trinajstić information content (AvgIpc) is 2.88. The first kappa shape index (κ1) is 10.7. The Morgan fingerprint density at radius 1 is 1.29 bits per heavy atom. The summed E-state index contributed by atoms with van der Waals surface area (Å²) in [4.78, 5) is 13.8. The fraction of sp³-hybridized carbons (Fsp3) is 0.462. The predicted molar refractivity (Wildman–Crippen MR) is 63.3 cm³/mol. The minimum absolute atomic E-state index is 0.103. The summed E-state index contributed by atoms with van der Waals surface area (Å²) in [6.45, 7) is 2.66. The van der Waals surface area contributed by atoms with Crippen LogP contribution < -0.4 is 10.2 Å². The molecule has 3 nitrogen and oxygen atoms in total. The van der Waals surface area contributed by atoms with Gasteiger partial charge in [-0.15, -0.1) is 0 Å². The summed E-state index contributed by atoms with van der Waals surface area (Å²) in [5.41, 5.74) is 0.908. The Morgan fingerprint density at radius 2 is 2.06 bits per heavy atom. The topological polar surface area (TPSA) is 32.3 Å². The first-order valence-electron chi connectivity index (χ1n) is 5.95. The van der Waals surface area contributed by atoms with Gasteiger partial charge in [0.2, 0.25) is 5.91 Å². The van der Waals surface area contributed by atoms with Gasteiger partial charge in [-0.2, -0.15) is 0 Å². The molecule has 1 atom stereocenters. The van der Waals surface area contributed by atoms with Crippen molar-refractivity contribution in [3.8, 4) is 0 Å². The lowest BCUT2D eigenvalue weighted by Crippen LogP contribution is -2.29. The molecule has 90 valence electrons. The third kappa shape index (κ3) is 1.82. The first-order valence-corrected chi connectivity index (χ1v) is 5.95. The van der Waals surface area contributed by atoms with E-state index in [0.29, 0.717) is 6.42 Å². The van der Waals surface area contributed by atoms with E-state index in [1.165, 1.54) is 12.1 Å². The van der Waals surface area contributed by atoms with Gasteiger partial charge in [-0.05, 0) is 37.2 Å². The van der Waals surface area contributed by atoms with E-state index in [1.807, 2.05) is 0 Å². The number of nitrogens with zero attached hydrogens (tertiary/aromatic N) is 1. The van der Waals surface area contributed by atoms with Crippen LogP contribution in [0.2, 0.25) is 0 Å². The van der Waals surface area contributed by atoms with Crippen molar-refractivity contribution in [2.24, 2.45) is 5.41 Å². The Morgan fingerprint density at radius 3 is 2.71 bits per heavy atom. The lowest BCUT2D eigenvalue weighted by Gasteiger charge is -2.22. The van der Waals surface area contributed by atoms with Crippen LogP contribution in [0.15, 0.2) is 24.3 Å². The van der Waals surface area contributed by atoms with Crippen molar-refractivity contribution >= 4 is 11.6 Å². The van der Waals surface area contributed by atoms with Gasteiger partial charge in [-0.1, -0.05) is 0 Å². The first-order chi connectivity index (χ1) is 8.19. The molecular weight excluding hydrogens is 219 g/mol. The second-order valence-electron chi connectivity index (χ2n) is 5.06. The Hall–Kier alpha value is -1.42. The van der Waals surface area contributed by atoms with Crippen molar-refractivity contribution in [3.63, 3.8) is 0 Å². The van der Waals surface area contributed by atoms with Gasteiger partial charge in [-0.25, -0.2) is 4.39 Å². The van der Waals surface area contributed by atoms with Crippen LogP contribution in [0.5, 0.6) is 0 Å². The Kier molecular flexibility index (Phi) is 2.40. The van der Waals surface area contributed by atoms with Crippen molar-refractivity contribution < 1.29 is 9.18 Å². The molecule has 0 radical (unpaired) electrons. The summed E-state index contributed by atoms with van der Waals surface area (Å²) in [6, 6.07) is 6.16. The van der Waals surface area contributed by atoms with Gasteiger partial charge in [0.15, 0.2) is 0 Å². The second kappa shape index (κ2) is 3.81. The number of rotatable bonds is 1. The summed E-state index contributed by atoms with van der Waals surface area (Å²) in [7, 11) is 0. The van der Waals surface area contributed by atoms with Crippen molar-refractivity contribution in [1.29, 1.82) is 0 Å². The van der Waals surface area contributed by atoms with E-state index < -0.39 is 0 Å². The molecule has 1 amide bonds. The number of nitrogens with one attached hydrogen (secondary N) is 1. The van der Waals surface area contributed by atoms with E-state index >= 15 is 0 Å². The molecule has 3 rings (SSSR count). The highest BCUT2D eigenvalue weighted by Crippen LogP contribution is 2.38. The normalized spacial score (nSPS) is 28.3. The maximum absolute atomic E-state index is 12.9. The zero-order chi connectivity index (χ0) is 11.9. The van der Waals surface area contributed by atoms with Crippen LogP contribution in [0.3, 0.4) is 0 Å². The van der Waals surface area contributed by atoms with E-state index in [2.05, 4.69) is 5.32 Å². The Bertz CT molecular complexity index is 437. The van der Waals surface area contributed by atoms with Gasteiger partial charge >= 0.3 is 0 Å². The van der Waals surface area contributed by atoms with E-state index in [0.717, 1.165) is 31.7 Å². The zero-order valence-corrected chi connectivity index (χ0v) is 9.58. The molecule has 2 heterocycles. The molecule has 1 unspecified atom stereocenters. The van der Waals surface area contributed by atoms with Gasteiger partial charge in [0.05, 0.1) is 0 Å². The third-order valence-corrected chi connectivity index (χ3v) is 3.79. The number of amides is 1. The molecular formula is C13H15FN2O. The standard InChI is InChI=1S/C13H15FN2O/c14-10-1-3-11(4-2-10)16-9-13(7-12(16)17)5-6-15-8-13/h1-4,15H,5-9H2. The van der Waals surface area contributed by atoms with Crippen molar-refractivity contribution in [1.82, 2.24) is 5.32 Å². The average molecular weight is 234 g/mol. The summed E-state index contributed by atoms with van der Waals surface area (Å²) >= 11 is 0.